The Morgan fingerprint density at radius 1 is 1.17 bits per heavy atom. The van der Waals surface area contributed by atoms with Crippen LogP contribution in [0.1, 0.15) is 42.5 Å². The Morgan fingerprint density at radius 3 is 2.69 bits per heavy atom. The Morgan fingerprint density at radius 2 is 2.00 bits per heavy atom. The minimum absolute atomic E-state index is 0.525. The van der Waals surface area contributed by atoms with E-state index in [1.54, 1.807) is 7.11 Å². The van der Waals surface area contributed by atoms with Gasteiger partial charge in [-0.25, -0.2) is 4.99 Å². The van der Waals surface area contributed by atoms with Crippen molar-refractivity contribution in [2.45, 2.75) is 46.7 Å². The fourth-order valence-corrected chi connectivity index (χ4v) is 2.67. The molecule has 0 saturated carbocycles. The Hall–Kier alpha value is -2.61. The standard InChI is InChI=1S/C21H34N6O2/c1-6-11-29-19-13-16(2)8-9-18(19)14-23-21(22-10-7-12-28-5)24-15-20-26-25-17(3)27(20)4/h8-9,13H,6-7,10-12,14-15H2,1-5H3,(H2,22,23,24). The molecule has 0 amide bonds. The van der Waals surface area contributed by atoms with Crippen LogP contribution in [0.3, 0.4) is 0 Å². The molecule has 0 aliphatic heterocycles. The minimum atomic E-state index is 0.525. The van der Waals surface area contributed by atoms with E-state index >= 15 is 0 Å². The summed E-state index contributed by atoms with van der Waals surface area (Å²) in [5, 5.41) is 15.0. The van der Waals surface area contributed by atoms with Gasteiger partial charge < -0.3 is 24.7 Å². The van der Waals surface area contributed by atoms with Crippen LogP contribution in [0.4, 0.5) is 0 Å². The van der Waals surface area contributed by atoms with E-state index in [4.69, 9.17) is 14.5 Å². The van der Waals surface area contributed by atoms with Gasteiger partial charge in [0.1, 0.15) is 11.6 Å². The maximum absolute atomic E-state index is 5.91. The van der Waals surface area contributed by atoms with Crippen molar-refractivity contribution in [2.24, 2.45) is 12.0 Å². The monoisotopic (exact) mass is 402 g/mol. The van der Waals surface area contributed by atoms with Crippen molar-refractivity contribution in [2.75, 3.05) is 26.9 Å². The van der Waals surface area contributed by atoms with Crippen LogP contribution in [0.2, 0.25) is 0 Å². The minimum Gasteiger partial charge on any atom is -0.493 e. The molecule has 2 aromatic rings. The Bertz CT molecular complexity index is 787. The highest BCUT2D eigenvalue weighted by Gasteiger charge is 2.08. The Labute approximate surface area is 173 Å². The molecular weight excluding hydrogens is 368 g/mol. The number of methoxy groups -OCH3 is 1. The molecule has 1 heterocycles. The molecule has 0 aliphatic carbocycles. The van der Waals surface area contributed by atoms with Crippen molar-refractivity contribution in [3.63, 3.8) is 0 Å². The largest absolute Gasteiger partial charge is 0.493 e. The van der Waals surface area contributed by atoms with E-state index in [0.29, 0.717) is 26.3 Å². The zero-order chi connectivity index (χ0) is 21.1. The molecule has 0 radical (unpaired) electrons. The lowest BCUT2D eigenvalue weighted by Gasteiger charge is -2.14. The van der Waals surface area contributed by atoms with E-state index in [9.17, 15) is 0 Å². The van der Waals surface area contributed by atoms with Crippen molar-refractivity contribution >= 4 is 5.96 Å². The molecule has 0 unspecified atom stereocenters. The molecule has 0 spiro atoms. The summed E-state index contributed by atoms with van der Waals surface area (Å²) < 4.78 is 13.0. The second-order valence-electron chi connectivity index (χ2n) is 6.97. The van der Waals surface area contributed by atoms with Gasteiger partial charge in [-0.05, 0) is 38.3 Å². The first-order valence-electron chi connectivity index (χ1n) is 10.1. The molecule has 0 bridgehead atoms. The molecule has 0 atom stereocenters. The summed E-state index contributed by atoms with van der Waals surface area (Å²) >= 11 is 0. The molecule has 0 saturated heterocycles. The zero-order valence-electron chi connectivity index (χ0n) is 18.3. The molecule has 1 aromatic heterocycles. The van der Waals surface area contributed by atoms with Crippen molar-refractivity contribution in [1.29, 1.82) is 0 Å². The van der Waals surface area contributed by atoms with E-state index in [-0.39, 0.29) is 0 Å². The SMILES string of the molecule is CCCOc1cc(C)ccc1CN=C(NCCCOC)NCc1nnc(C)n1C. The smallest absolute Gasteiger partial charge is 0.191 e. The number of aryl methyl sites for hydroxylation is 2. The number of guanidine groups is 1. The van der Waals surface area contributed by atoms with Gasteiger partial charge in [0.25, 0.3) is 0 Å². The highest BCUT2D eigenvalue weighted by atomic mass is 16.5. The molecule has 0 fully saturated rings. The number of hydrogen-bond donors (Lipinski definition) is 2. The number of aliphatic imine (C=N–C) groups is 1. The number of benzene rings is 1. The maximum atomic E-state index is 5.91. The normalized spacial score (nSPS) is 11.6. The van der Waals surface area contributed by atoms with Gasteiger partial charge in [0.15, 0.2) is 11.8 Å². The van der Waals surface area contributed by atoms with Crippen molar-refractivity contribution < 1.29 is 9.47 Å². The third kappa shape index (κ3) is 7.38. The van der Waals surface area contributed by atoms with Gasteiger partial charge >= 0.3 is 0 Å². The number of nitrogens with one attached hydrogen (secondary N) is 2. The number of rotatable bonds is 11. The number of aromatic nitrogens is 3. The summed E-state index contributed by atoms with van der Waals surface area (Å²) in [4.78, 5) is 4.76. The topological polar surface area (TPSA) is 85.6 Å². The van der Waals surface area contributed by atoms with Gasteiger partial charge in [-0.2, -0.15) is 0 Å². The molecule has 8 heteroatoms. The Balaban J connectivity index is 2.08. The molecular formula is C21H34N6O2. The summed E-state index contributed by atoms with van der Waals surface area (Å²) in [7, 11) is 3.66. The number of nitrogens with zero attached hydrogens (tertiary/aromatic N) is 4. The van der Waals surface area contributed by atoms with E-state index in [1.165, 1.54) is 5.56 Å². The van der Waals surface area contributed by atoms with Gasteiger partial charge in [0, 0.05) is 32.9 Å². The summed E-state index contributed by atoms with van der Waals surface area (Å²) in [5.74, 6) is 3.36. The molecule has 2 rings (SSSR count). The van der Waals surface area contributed by atoms with Crippen molar-refractivity contribution in [1.82, 2.24) is 25.4 Å². The molecule has 1 aromatic carbocycles. The van der Waals surface area contributed by atoms with Gasteiger partial charge in [-0.3, -0.25) is 0 Å². The van der Waals surface area contributed by atoms with Gasteiger partial charge in [-0.15, -0.1) is 10.2 Å². The first-order chi connectivity index (χ1) is 14.0. The van der Waals surface area contributed by atoms with Crippen LogP contribution < -0.4 is 15.4 Å². The van der Waals surface area contributed by atoms with Crippen LogP contribution in [0.15, 0.2) is 23.2 Å². The third-order valence-electron chi connectivity index (χ3n) is 4.51. The molecule has 29 heavy (non-hydrogen) atoms. The van der Waals surface area contributed by atoms with E-state index < -0.39 is 0 Å². The maximum Gasteiger partial charge on any atom is 0.191 e. The summed E-state index contributed by atoms with van der Waals surface area (Å²) in [6, 6.07) is 6.24. The second kappa shape index (κ2) is 12.1. The third-order valence-corrected chi connectivity index (χ3v) is 4.51. The predicted molar refractivity (Wildman–Crippen MR) is 115 cm³/mol. The van der Waals surface area contributed by atoms with Crippen LogP contribution in [0, 0.1) is 13.8 Å². The van der Waals surface area contributed by atoms with Crippen LogP contribution >= 0.6 is 0 Å². The first-order valence-corrected chi connectivity index (χ1v) is 10.1. The predicted octanol–water partition coefficient (Wildman–Crippen LogP) is 2.49. The lowest BCUT2D eigenvalue weighted by Crippen LogP contribution is -2.38. The molecule has 160 valence electrons. The number of hydrogen-bond acceptors (Lipinski definition) is 5. The van der Waals surface area contributed by atoms with E-state index in [0.717, 1.165) is 48.3 Å². The van der Waals surface area contributed by atoms with Gasteiger partial charge in [0.05, 0.1) is 19.7 Å². The van der Waals surface area contributed by atoms with Crippen LogP contribution in [0.25, 0.3) is 0 Å². The van der Waals surface area contributed by atoms with Crippen LogP contribution in [0.5, 0.6) is 5.75 Å². The summed E-state index contributed by atoms with van der Waals surface area (Å²) in [6.45, 7) is 9.35. The lowest BCUT2D eigenvalue weighted by molar-refractivity contribution is 0.195. The van der Waals surface area contributed by atoms with E-state index in [1.807, 2.05) is 18.5 Å². The molecule has 8 nitrogen and oxygen atoms in total. The fourth-order valence-electron chi connectivity index (χ4n) is 2.67. The average Bonchev–Trinajstić information content (AvgIpc) is 3.04. The van der Waals surface area contributed by atoms with E-state index in [2.05, 4.69) is 52.9 Å². The number of ether oxygens (including phenoxy) is 2. The van der Waals surface area contributed by atoms with Crippen LogP contribution in [-0.2, 0) is 24.9 Å². The first kappa shape index (κ1) is 22.7. The highest BCUT2D eigenvalue weighted by Crippen LogP contribution is 2.21. The van der Waals surface area contributed by atoms with Gasteiger partial charge in [-0.1, -0.05) is 19.1 Å². The lowest BCUT2D eigenvalue weighted by atomic mass is 10.1. The quantitative estimate of drug-likeness (QED) is 0.341. The Kier molecular flexibility index (Phi) is 9.43. The molecule has 0 aliphatic rings. The zero-order valence-corrected chi connectivity index (χ0v) is 18.3. The van der Waals surface area contributed by atoms with Gasteiger partial charge in [0.2, 0.25) is 0 Å². The second-order valence-corrected chi connectivity index (χ2v) is 6.97. The fraction of sp³-hybridized carbons (Fsp3) is 0.571. The summed E-state index contributed by atoms with van der Waals surface area (Å²) in [6.07, 6.45) is 1.87. The van der Waals surface area contributed by atoms with Crippen molar-refractivity contribution in [3.05, 3.63) is 41.0 Å². The highest BCUT2D eigenvalue weighted by molar-refractivity contribution is 5.79. The van der Waals surface area contributed by atoms with Crippen LogP contribution in [-0.4, -0.2) is 47.6 Å². The average molecular weight is 403 g/mol. The summed E-state index contributed by atoms with van der Waals surface area (Å²) in [5.41, 5.74) is 2.24. The van der Waals surface area contributed by atoms with Crippen molar-refractivity contribution in [3.8, 4) is 5.75 Å². The molecule has 2 N–H and O–H groups in total.